The number of alkyl halides is 1. The Morgan fingerprint density at radius 2 is 1.54 bits per heavy atom. The summed E-state index contributed by atoms with van der Waals surface area (Å²) in [4.78, 5) is 22.4. The zero-order valence-corrected chi connectivity index (χ0v) is 15.0. The summed E-state index contributed by atoms with van der Waals surface area (Å²) in [5.74, 6) is -0.0694. The van der Waals surface area contributed by atoms with E-state index in [0.717, 1.165) is 5.56 Å². The number of carbonyl (C=O) groups excluding carboxylic acids is 2. The lowest BCUT2D eigenvalue weighted by molar-refractivity contribution is -0.118. The minimum absolute atomic E-state index is 0.0694. The minimum atomic E-state index is -0.471. The molecular formula is C16H23BrN2O5. The van der Waals surface area contributed by atoms with Crippen molar-refractivity contribution in [3.63, 3.8) is 0 Å². The van der Waals surface area contributed by atoms with Gasteiger partial charge in [-0.25, -0.2) is 4.79 Å². The molecule has 0 bridgehead atoms. The lowest BCUT2D eigenvalue weighted by atomic mass is 10.2. The molecule has 0 aliphatic heterocycles. The van der Waals surface area contributed by atoms with Crippen molar-refractivity contribution in [1.82, 2.24) is 10.6 Å². The fourth-order valence-corrected chi connectivity index (χ4v) is 1.83. The number of rotatable bonds is 12. The molecular weight excluding hydrogens is 380 g/mol. The van der Waals surface area contributed by atoms with Gasteiger partial charge in [-0.15, -0.1) is 0 Å². The Kier molecular flexibility index (Phi) is 11.7. The van der Waals surface area contributed by atoms with E-state index in [1.165, 1.54) is 0 Å². The number of benzene rings is 1. The number of carbonyl (C=O) groups is 2. The summed E-state index contributed by atoms with van der Waals surface area (Å²) in [6, 6.07) is 9.47. The monoisotopic (exact) mass is 402 g/mol. The molecule has 0 aliphatic rings. The van der Waals surface area contributed by atoms with Crippen LogP contribution < -0.4 is 10.6 Å². The molecule has 0 radical (unpaired) electrons. The van der Waals surface area contributed by atoms with E-state index in [0.29, 0.717) is 39.5 Å². The Morgan fingerprint density at radius 3 is 2.17 bits per heavy atom. The largest absolute Gasteiger partial charge is 0.445 e. The highest BCUT2D eigenvalue weighted by atomic mass is 79.9. The molecule has 1 aromatic carbocycles. The Balaban J connectivity index is 1.86. The number of hydrogen-bond donors (Lipinski definition) is 2. The average Bonchev–Trinajstić information content (AvgIpc) is 2.62. The van der Waals surface area contributed by atoms with Gasteiger partial charge in [0, 0.05) is 13.1 Å². The maximum atomic E-state index is 11.5. The smallest absolute Gasteiger partial charge is 0.407 e. The van der Waals surface area contributed by atoms with E-state index in [4.69, 9.17) is 14.2 Å². The van der Waals surface area contributed by atoms with Crippen LogP contribution >= 0.6 is 15.9 Å². The Labute approximate surface area is 150 Å². The third-order valence-corrected chi connectivity index (χ3v) is 3.30. The van der Waals surface area contributed by atoms with Gasteiger partial charge in [-0.05, 0) is 5.56 Å². The molecule has 0 saturated heterocycles. The normalized spacial score (nSPS) is 10.2. The lowest BCUT2D eigenvalue weighted by Gasteiger charge is -2.08. The van der Waals surface area contributed by atoms with E-state index in [-0.39, 0.29) is 17.8 Å². The summed E-state index contributed by atoms with van der Waals surface area (Å²) in [5.41, 5.74) is 0.938. The van der Waals surface area contributed by atoms with Crippen LogP contribution in [0.1, 0.15) is 5.56 Å². The van der Waals surface area contributed by atoms with Gasteiger partial charge in [-0.3, -0.25) is 4.79 Å². The molecule has 0 atom stereocenters. The van der Waals surface area contributed by atoms with Gasteiger partial charge in [-0.2, -0.15) is 0 Å². The SMILES string of the molecule is O=C(CBr)NCCOCCOCCNC(=O)OCc1ccccc1. The fourth-order valence-electron chi connectivity index (χ4n) is 1.63. The number of amides is 2. The predicted octanol–water partition coefficient (Wildman–Crippen LogP) is 1.46. The van der Waals surface area contributed by atoms with Gasteiger partial charge in [0.1, 0.15) is 6.61 Å². The number of hydrogen-bond acceptors (Lipinski definition) is 5. The topological polar surface area (TPSA) is 85.9 Å². The zero-order chi connectivity index (χ0) is 17.5. The van der Waals surface area contributed by atoms with Crippen LogP contribution in [-0.4, -0.2) is 56.8 Å². The molecule has 0 unspecified atom stereocenters. The molecule has 0 aliphatic carbocycles. The van der Waals surface area contributed by atoms with E-state index in [2.05, 4.69) is 26.6 Å². The second-order valence-electron chi connectivity index (χ2n) is 4.70. The predicted molar refractivity (Wildman–Crippen MR) is 93.1 cm³/mol. The first-order chi connectivity index (χ1) is 11.7. The van der Waals surface area contributed by atoms with Crippen molar-refractivity contribution in [2.75, 3.05) is 44.8 Å². The molecule has 0 spiro atoms. The molecule has 134 valence electrons. The van der Waals surface area contributed by atoms with Crippen molar-refractivity contribution in [3.05, 3.63) is 35.9 Å². The van der Waals surface area contributed by atoms with Crippen LogP contribution in [0.5, 0.6) is 0 Å². The number of ether oxygens (including phenoxy) is 3. The summed E-state index contributed by atoms with van der Waals surface area (Å²) in [7, 11) is 0. The third kappa shape index (κ3) is 11.0. The highest BCUT2D eigenvalue weighted by Gasteiger charge is 2.01. The van der Waals surface area contributed by atoms with E-state index in [9.17, 15) is 9.59 Å². The maximum absolute atomic E-state index is 11.5. The van der Waals surface area contributed by atoms with Gasteiger partial charge >= 0.3 is 6.09 Å². The van der Waals surface area contributed by atoms with Crippen LogP contribution in [0.4, 0.5) is 4.79 Å². The van der Waals surface area contributed by atoms with Crippen molar-refractivity contribution in [1.29, 1.82) is 0 Å². The average molecular weight is 403 g/mol. The molecule has 2 N–H and O–H groups in total. The number of nitrogens with one attached hydrogen (secondary N) is 2. The van der Waals surface area contributed by atoms with Crippen LogP contribution in [-0.2, 0) is 25.6 Å². The molecule has 0 heterocycles. The number of halogens is 1. The molecule has 1 rings (SSSR count). The first kappa shape index (κ1) is 20.4. The summed E-state index contributed by atoms with van der Waals surface area (Å²) in [6.07, 6.45) is -0.471. The van der Waals surface area contributed by atoms with Crippen molar-refractivity contribution in [3.8, 4) is 0 Å². The molecule has 0 saturated carbocycles. The third-order valence-electron chi connectivity index (χ3n) is 2.79. The Morgan fingerprint density at radius 1 is 0.917 bits per heavy atom. The summed E-state index contributed by atoms with van der Waals surface area (Å²) in [5, 5.41) is 5.56. The molecule has 24 heavy (non-hydrogen) atoms. The van der Waals surface area contributed by atoms with Gasteiger partial charge in [-0.1, -0.05) is 46.3 Å². The number of alkyl carbamates (subject to hydrolysis) is 1. The fraction of sp³-hybridized carbons (Fsp3) is 0.500. The van der Waals surface area contributed by atoms with Gasteiger partial charge in [0.05, 0.1) is 31.8 Å². The van der Waals surface area contributed by atoms with Crippen LogP contribution in [0.15, 0.2) is 30.3 Å². The van der Waals surface area contributed by atoms with Crippen LogP contribution in [0.3, 0.4) is 0 Å². The van der Waals surface area contributed by atoms with Crippen LogP contribution in [0.2, 0.25) is 0 Å². The van der Waals surface area contributed by atoms with Crippen molar-refractivity contribution in [2.45, 2.75) is 6.61 Å². The van der Waals surface area contributed by atoms with Crippen LogP contribution in [0.25, 0.3) is 0 Å². The molecule has 0 aromatic heterocycles. The second-order valence-corrected chi connectivity index (χ2v) is 5.26. The summed E-state index contributed by atoms with van der Waals surface area (Å²) in [6.45, 7) is 2.76. The summed E-state index contributed by atoms with van der Waals surface area (Å²) < 4.78 is 15.6. The lowest BCUT2D eigenvalue weighted by Crippen LogP contribution is -2.29. The van der Waals surface area contributed by atoms with E-state index in [1.54, 1.807) is 0 Å². The van der Waals surface area contributed by atoms with Crippen molar-refractivity contribution < 1.29 is 23.8 Å². The molecule has 8 heteroatoms. The van der Waals surface area contributed by atoms with Gasteiger partial charge in [0.2, 0.25) is 5.91 Å². The highest BCUT2D eigenvalue weighted by molar-refractivity contribution is 9.09. The minimum Gasteiger partial charge on any atom is -0.445 e. The zero-order valence-electron chi connectivity index (χ0n) is 13.5. The highest BCUT2D eigenvalue weighted by Crippen LogP contribution is 2.00. The first-order valence-corrected chi connectivity index (χ1v) is 8.77. The quantitative estimate of drug-likeness (QED) is 0.408. The Bertz CT molecular complexity index is 473. The first-order valence-electron chi connectivity index (χ1n) is 7.65. The second kappa shape index (κ2) is 13.8. The van der Waals surface area contributed by atoms with Gasteiger partial charge in [0.25, 0.3) is 0 Å². The van der Waals surface area contributed by atoms with Crippen molar-refractivity contribution in [2.24, 2.45) is 0 Å². The Hall–Kier alpha value is -1.64. The molecule has 1 aromatic rings. The molecule has 7 nitrogen and oxygen atoms in total. The van der Waals surface area contributed by atoms with Gasteiger partial charge < -0.3 is 24.8 Å². The van der Waals surface area contributed by atoms with Crippen molar-refractivity contribution >= 4 is 27.9 Å². The standard InChI is InChI=1S/C16H23BrN2O5/c17-12-15(20)18-6-8-22-10-11-23-9-7-19-16(21)24-13-14-4-2-1-3-5-14/h1-5H,6-13H2,(H,18,20)(H,19,21). The molecule has 2 amide bonds. The summed E-state index contributed by atoms with van der Waals surface area (Å²) >= 11 is 3.05. The van der Waals surface area contributed by atoms with Crippen LogP contribution in [0, 0.1) is 0 Å². The molecule has 0 fully saturated rings. The van der Waals surface area contributed by atoms with Gasteiger partial charge in [0.15, 0.2) is 0 Å². The van der Waals surface area contributed by atoms with E-state index < -0.39 is 6.09 Å². The maximum Gasteiger partial charge on any atom is 0.407 e. The van der Waals surface area contributed by atoms with E-state index >= 15 is 0 Å². The van der Waals surface area contributed by atoms with E-state index in [1.807, 2.05) is 30.3 Å².